The Morgan fingerprint density at radius 3 is 2.33 bits per heavy atom. The lowest BCUT2D eigenvalue weighted by Gasteiger charge is -2.39. The van der Waals surface area contributed by atoms with Crippen molar-refractivity contribution in [1.82, 2.24) is 15.1 Å². The van der Waals surface area contributed by atoms with Crippen LogP contribution in [0.2, 0.25) is 0 Å². The third kappa shape index (κ3) is 6.41. The van der Waals surface area contributed by atoms with Crippen LogP contribution in [0.15, 0.2) is 17.6 Å². The normalized spacial score (nSPS) is 18.9. The molecule has 1 heterocycles. The molecule has 8 heteroatoms. The summed E-state index contributed by atoms with van der Waals surface area (Å²) in [6, 6.07) is -1.39. The van der Waals surface area contributed by atoms with Gasteiger partial charge in [0.15, 0.2) is 5.96 Å². The topological polar surface area (TPSA) is 30.9 Å². The minimum Gasteiger partial charge on any atom is -0.357 e. The van der Waals surface area contributed by atoms with Crippen molar-refractivity contribution in [3.8, 4) is 0 Å². The molecule has 1 aliphatic heterocycles. The van der Waals surface area contributed by atoms with E-state index in [-0.39, 0.29) is 24.0 Å². The largest absolute Gasteiger partial charge is 0.403 e. The van der Waals surface area contributed by atoms with Crippen LogP contribution in [0.1, 0.15) is 13.8 Å². The molecule has 1 N–H and O–H groups in total. The van der Waals surface area contributed by atoms with Gasteiger partial charge in [0.25, 0.3) is 0 Å². The van der Waals surface area contributed by atoms with E-state index in [9.17, 15) is 13.2 Å². The van der Waals surface area contributed by atoms with Crippen LogP contribution < -0.4 is 5.32 Å². The van der Waals surface area contributed by atoms with Gasteiger partial charge in [0, 0.05) is 32.7 Å². The molecule has 1 fully saturated rings. The summed E-state index contributed by atoms with van der Waals surface area (Å²) in [7, 11) is 0. The Morgan fingerprint density at radius 1 is 1.33 bits per heavy atom. The van der Waals surface area contributed by atoms with Gasteiger partial charge >= 0.3 is 6.18 Å². The van der Waals surface area contributed by atoms with Crippen LogP contribution in [0.3, 0.4) is 0 Å². The first kappa shape index (κ1) is 20.5. The van der Waals surface area contributed by atoms with Crippen LogP contribution in [0.4, 0.5) is 13.2 Å². The number of halogens is 4. The molecular weight excluding hydrogens is 396 g/mol. The van der Waals surface area contributed by atoms with E-state index in [4.69, 9.17) is 0 Å². The summed E-state index contributed by atoms with van der Waals surface area (Å²) < 4.78 is 38.0. The Kier molecular flexibility index (Phi) is 9.26. The average Bonchev–Trinajstić information content (AvgIpc) is 2.42. The van der Waals surface area contributed by atoms with E-state index < -0.39 is 12.2 Å². The van der Waals surface area contributed by atoms with Gasteiger partial charge in [-0.2, -0.15) is 13.2 Å². The number of guanidine groups is 1. The zero-order valence-corrected chi connectivity index (χ0v) is 14.8. The lowest BCUT2D eigenvalue weighted by molar-refractivity contribution is -0.181. The summed E-state index contributed by atoms with van der Waals surface area (Å²) >= 11 is 0. The van der Waals surface area contributed by atoms with Gasteiger partial charge in [-0.15, -0.1) is 30.6 Å². The van der Waals surface area contributed by atoms with Crippen molar-refractivity contribution < 1.29 is 13.2 Å². The first-order valence-corrected chi connectivity index (χ1v) is 6.85. The van der Waals surface area contributed by atoms with Crippen LogP contribution >= 0.6 is 24.0 Å². The summed E-state index contributed by atoms with van der Waals surface area (Å²) in [5, 5.41) is 3.15. The van der Waals surface area contributed by atoms with Crippen molar-refractivity contribution in [2.24, 2.45) is 4.99 Å². The molecule has 1 aliphatic rings. The summed E-state index contributed by atoms with van der Waals surface area (Å²) in [5.74, 6) is 0.742. The molecule has 0 aromatic rings. The lowest BCUT2D eigenvalue weighted by Crippen LogP contribution is -2.56. The highest BCUT2D eigenvalue weighted by Gasteiger charge is 2.40. The molecule has 1 saturated heterocycles. The number of alkyl halides is 3. The molecule has 0 aromatic heterocycles. The molecule has 0 bridgehead atoms. The third-order valence-electron chi connectivity index (χ3n) is 3.34. The molecule has 1 atom stereocenters. The van der Waals surface area contributed by atoms with Gasteiger partial charge in [0.2, 0.25) is 0 Å². The zero-order chi connectivity index (χ0) is 15.2. The molecule has 4 nitrogen and oxygen atoms in total. The van der Waals surface area contributed by atoms with Gasteiger partial charge < -0.3 is 10.2 Å². The Labute approximate surface area is 141 Å². The van der Waals surface area contributed by atoms with E-state index in [0.717, 1.165) is 12.5 Å². The lowest BCUT2D eigenvalue weighted by atomic mass is 10.2. The number of rotatable bonds is 4. The van der Waals surface area contributed by atoms with E-state index in [0.29, 0.717) is 32.7 Å². The van der Waals surface area contributed by atoms with Gasteiger partial charge in [-0.05, 0) is 13.8 Å². The molecule has 1 rings (SSSR count). The van der Waals surface area contributed by atoms with Crippen molar-refractivity contribution >= 4 is 29.9 Å². The highest BCUT2D eigenvalue weighted by molar-refractivity contribution is 14.0. The van der Waals surface area contributed by atoms with E-state index in [1.807, 2.05) is 11.8 Å². The average molecular weight is 420 g/mol. The number of nitrogens with one attached hydrogen (secondary N) is 1. The standard InChI is InChI=1S/C13H23F3N4.HI/c1-4-6-18-12(17-5-2)20-9-7-19(8-10-20)11(3)13(14,15)16;/h4,11H,1,5-10H2,2-3H3,(H,17,18);1H. The molecule has 0 spiro atoms. The quantitative estimate of drug-likeness (QED) is 0.328. The first-order valence-electron chi connectivity index (χ1n) is 6.85. The van der Waals surface area contributed by atoms with Crippen molar-refractivity contribution in [1.29, 1.82) is 0 Å². The molecule has 0 aromatic carbocycles. The summed E-state index contributed by atoms with van der Waals surface area (Å²) in [6.07, 6.45) is -2.47. The number of piperazine rings is 1. The Morgan fingerprint density at radius 2 is 1.90 bits per heavy atom. The van der Waals surface area contributed by atoms with Crippen LogP contribution in [0, 0.1) is 0 Å². The number of aliphatic imine (C=N–C) groups is 1. The highest BCUT2D eigenvalue weighted by atomic mass is 127. The Bertz CT molecular complexity index is 339. The summed E-state index contributed by atoms with van der Waals surface area (Å²) in [5.41, 5.74) is 0. The second-order valence-electron chi connectivity index (χ2n) is 4.72. The van der Waals surface area contributed by atoms with E-state index >= 15 is 0 Å². The van der Waals surface area contributed by atoms with Crippen molar-refractivity contribution in [3.63, 3.8) is 0 Å². The zero-order valence-electron chi connectivity index (χ0n) is 12.5. The van der Waals surface area contributed by atoms with E-state index in [1.165, 1.54) is 11.8 Å². The number of hydrogen-bond donors (Lipinski definition) is 1. The van der Waals surface area contributed by atoms with Gasteiger partial charge in [-0.3, -0.25) is 4.90 Å². The summed E-state index contributed by atoms with van der Waals surface area (Å²) in [4.78, 5) is 7.81. The highest BCUT2D eigenvalue weighted by Crippen LogP contribution is 2.25. The van der Waals surface area contributed by atoms with E-state index in [2.05, 4.69) is 16.9 Å². The molecular formula is C13H24F3IN4. The predicted octanol–water partition coefficient (Wildman–Crippen LogP) is 2.32. The number of hydrogen-bond acceptors (Lipinski definition) is 2. The van der Waals surface area contributed by atoms with E-state index in [1.54, 1.807) is 6.08 Å². The fraction of sp³-hybridized carbons (Fsp3) is 0.769. The molecule has 0 saturated carbocycles. The SMILES string of the molecule is C=CCN=C(NCC)N1CCN(C(C)C(F)(F)F)CC1.I. The fourth-order valence-corrected chi connectivity index (χ4v) is 2.10. The molecule has 0 radical (unpaired) electrons. The Hall–Kier alpha value is -0.510. The number of nitrogens with zero attached hydrogens (tertiary/aromatic N) is 3. The maximum atomic E-state index is 12.7. The summed E-state index contributed by atoms with van der Waals surface area (Å²) in [6.45, 7) is 9.89. The minimum atomic E-state index is -4.16. The molecule has 124 valence electrons. The molecule has 21 heavy (non-hydrogen) atoms. The van der Waals surface area contributed by atoms with Crippen molar-refractivity contribution in [2.75, 3.05) is 39.3 Å². The van der Waals surface area contributed by atoms with Crippen LogP contribution in [-0.2, 0) is 0 Å². The molecule has 0 amide bonds. The van der Waals surface area contributed by atoms with Gasteiger partial charge in [0.05, 0.1) is 6.54 Å². The smallest absolute Gasteiger partial charge is 0.357 e. The van der Waals surface area contributed by atoms with Gasteiger partial charge in [0.1, 0.15) is 6.04 Å². The van der Waals surface area contributed by atoms with Crippen LogP contribution in [-0.4, -0.2) is 67.2 Å². The second-order valence-corrected chi connectivity index (χ2v) is 4.72. The third-order valence-corrected chi connectivity index (χ3v) is 3.34. The van der Waals surface area contributed by atoms with Crippen molar-refractivity contribution in [2.45, 2.75) is 26.1 Å². The van der Waals surface area contributed by atoms with Crippen LogP contribution in [0.25, 0.3) is 0 Å². The van der Waals surface area contributed by atoms with Gasteiger partial charge in [-0.1, -0.05) is 6.08 Å². The van der Waals surface area contributed by atoms with Gasteiger partial charge in [-0.25, -0.2) is 4.99 Å². The molecule has 0 aliphatic carbocycles. The first-order chi connectivity index (χ1) is 9.40. The predicted molar refractivity (Wildman–Crippen MR) is 90.3 cm³/mol. The minimum absolute atomic E-state index is 0. The fourth-order valence-electron chi connectivity index (χ4n) is 2.10. The maximum absolute atomic E-state index is 12.7. The second kappa shape index (κ2) is 9.50. The van der Waals surface area contributed by atoms with Crippen molar-refractivity contribution in [3.05, 3.63) is 12.7 Å². The maximum Gasteiger partial charge on any atom is 0.403 e. The molecule has 1 unspecified atom stereocenters. The van der Waals surface area contributed by atoms with Crippen LogP contribution in [0.5, 0.6) is 0 Å². The Balaban J connectivity index is 0.00000400. The monoisotopic (exact) mass is 420 g/mol.